The first-order chi connectivity index (χ1) is 10.6. The van der Waals surface area contributed by atoms with Gasteiger partial charge in [-0.05, 0) is 43.9 Å². The maximum absolute atomic E-state index is 11.7. The number of likely N-dealkylation sites (tertiary alicyclic amines) is 1. The lowest BCUT2D eigenvalue weighted by molar-refractivity contribution is -0.144. The molecule has 1 aliphatic heterocycles. The number of hydrogen-bond acceptors (Lipinski definition) is 5. The molecule has 0 spiro atoms. The van der Waals surface area contributed by atoms with E-state index in [2.05, 4.69) is 17.0 Å². The molecule has 5 nitrogen and oxygen atoms in total. The number of carbonyl (C=O) groups is 1. The molecule has 2 atom stereocenters. The molecule has 1 fully saturated rings. The van der Waals surface area contributed by atoms with Crippen molar-refractivity contribution in [2.75, 3.05) is 32.8 Å². The van der Waals surface area contributed by atoms with Gasteiger partial charge in [-0.1, -0.05) is 12.1 Å². The molecule has 2 unspecified atom stereocenters. The van der Waals surface area contributed by atoms with Gasteiger partial charge in [-0.3, -0.25) is 9.69 Å². The number of hydrogen-bond donors (Lipinski definition) is 1. The van der Waals surface area contributed by atoms with Crippen LogP contribution >= 0.6 is 0 Å². The molecular weight excluding hydrogens is 280 g/mol. The Bertz CT molecular complexity index is 475. The van der Waals surface area contributed by atoms with Crippen LogP contribution < -0.4 is 10.5 Å². The minimum Gasteiger partial charge on any atom is -0.494 e. The Balaban J connectivity index is 1.99. The predicted octanol–water partition coefficient (Wildman–Crippen LogP) is 1.76. The van der Waals surface area contributed by atoms with E-state index in [4.69, 9.17) is 15.2 Å². The minimum atomic E-state index is -0.179. The summed E-state index contributed by atoms with van der Waals surface area (Å²) in [5.41, 5.74) is 7.40. The lowest BCUT2D eigenvalue weighted by Crippen LogP contribution is -2.48. The molecule has 22 heavy (non-hydrogen) atoms. The molecule has 0 bridgehead atoms. The van der Waals surface area contributed by atoms with Crippen molar-refractivity contribution in [3.8, 4) is 5.75 Å². The average molecular weight is 306 g/mol. The molecule has 0 radical (unpaired) electrons. The summed E-state index contributed by atoms with van der Waals surface area (Å²) >= 11 is 0. The quantitative estimate of drug-likeness (QED) is 0.811. The standard InChI is InChI=1S/C17H26N2O3/c1-3-21-16-7-5-13(6-8-16)14-9-15(18)11-19(10-14)12-17(20)22-4-2/h5-8,14-15H,3-4,9-12,18H2,1-2H3. The zero-order chi connectivity index (χ0) is 15.9. The van der Waals surface area contributed by atoms with Gasteiger partial charge in [-0.2, -0.15) is 0 Å². The van der Waals surface area contributed by atoms with Gasteiger partial charge in [0.2, 0.25) is 0 Å². The number of nitrogens with two attached hydrogens (primary N) is 1. The van der Waals surface area contributed by atoms with E-state index in [0.717, 1.165) is 25.3 Å². The third-order valence-electron chi connectivity index (χ3n) is 3.88. The van der Waals surface area contributed by atoms with Crippen molar-refractivity contribution in [3.63, 3.8) is 0 Å². The van der Waals surface area contributed by atoms with E-state index in [-0.39, 0.29) is 12.0 Å². The van der Waals surface area contributed by atoms with Gasteiger partial charge in [-0.25, -0.2) is 0 Å². The van der Waals surface area contributed by atoms with Crippen molar-refractivity contribution < 1.29 is 14.3 Å². The molecule has 1 heterocycles. The van der Waals surface area contributed by atoms with Gasteiger partial charge >= 0.3 is 5.97 Å². The van der Waals surface area contributed by atoms with Crippen LogP contribution in [0.1, 0.15) is 31.7 Å². The van der Waals surface area contributed by atoms with Crippen LogP contribution in [0.15, 0.2) is 24.3 Å². The Morgan fingerprint density at radius 3 is 2.59 bits per heavy atom. The first-order valence-electron chi connectivity index (χ1n) is 7.98. The van der Waals surface area contributed by atoms with Crippen LogP contribution in [-0.2, 0) is 9.53 Å². The zero-order valence-corrected chi connectivity index (χ0v) is 13.5. The molecule has 0 amide bonds. The highest BCUT2D eigenvalue weighted by molar-refractivity contribution is 5.71. The summed E-state index contributed by atoms with van der Waals surface area (Å²) in [6.07, 6.45) is 0.938. The Morgan fingerprint density at radius 2 is 1.95 bits per heavy atom. The SMILES string of the molecule is CCOC(=O)CN1CC(N)CC(c2ccc(OCC)cc2)C1. The lowest BCUT2D eigenvalue weighted by Gasteiger charge is -2.36. The van der Waals surface area contributed by atoms with E-state index < -0.39 is 0 Å². The highest BCUT2D eigenvalue weighted by atomic mass is 16.5. The Hall–Kier alpha value is -1.59. The fraction of sp³-hybridized carbons (Fsp3) is 0.588. The van der Waals surface area contributed by atoms with Gasteiger partial charge in [0.05, 0.1) is 19.8 Å². The van der Waals surface area contributed by atoms with Gasteiger partial charge in [0, 0.05) is 19.1 Å². The van der Waals surface area contributed by atoms with E-state index in [1.54, 1.807) is 0 Å². The Morgan fingerprint density at radius 1 is 1.23 bits per heavy atom. The summed E-state index contributed by atoms with van der Waals surface area (Å²) in [6, 6.07) is 8.26. The van der Waals surface area contributed by atoms with E-state index in [1.807, 2.05) is 26.0 Å². The molecule has 1 aliphatic rings. The monoisotopic (exact) mass is 306 g/mol. The molecule has 0 aromatic heterocycles. The van der Waals surface area contributed by atoms with Gasteiger partial charge in [-0.15, -0.1) is 0 Å². The van der Waals surface area contributed by atoms with Crippen molar-refractivity contribution in [2.45, 2.75) is 32.2 Å². The zero-order valence-electron chi connectivity index (χ0n) is 13.5. The minimum absolute atomic E-state index is 0.0831. The van der Waals surface area contributed by atoms with Gasteiger partial charge < -0.3 is 15.2 Å². The lowest BCUT2D eigenvalue weighted by atomic mass is 9.88. The summed E-state index contributed by atoms with van der Waals surface area (Å²) in [6.45, 7) is 6.77. The second-order valence-corrected chi connectivity index (χ2v) is 5.69. The highest BCUT2D eigenvalue weighted by Crippen LogP contribution is 2.27. The van der Waals surface area contributed by atoms with E-state index in [9.17, 15) is 4.79 Å². The highest BCUT2D eigenvalue weighted by Gasteiger charge is 2.27. The van der Waals surface area contributed by atoms with Crippen molar-refractivity contribution in [1.29, 1.82) is 0 Å². The van der Waals surface area contributed by atoms with Crippen LogP contribution in [0.25, 0.3) is 0 Å². The molecule has 122 valence electrons. The second-order valence-electron chi connectivity index (χ2n) is 5.69. The molecule has 0 saturated carbocycles. The van der Waals surface area contributed by atoms with Crippen LogP contribution in [0, 0.1) is 0 Å². The van der Waals surface area contributed by atoms with Gasteiger partial charge in [0.25, 0.3) is 0 Å². The number of ether oxygens (including phenoxy) is 2. The van der Waals surface area contributed by atoms with Crippen molar-refractivity contribution in [1.82, 2.24) is 4.90 Å². The smallest absolute Gasteiger partial charge is 0.320 e. The molecule has 2 N–H and O–H groups in total. The summed E-state index contributed by atoms with van der Waals surface area (Å²) in [4.78, 5) is 13.7. The molecule has 1 saturated heterocycles. The van der Waals surface area contributed by atoms with Crippen LogP contribution in [0.4, 0.5) is 0 Å². The van der Waals surface area contributed by atoms with Crippen LogP contribution in [0.3, 0.4) is 0 Å². The number of esters is 1. The fourth-order valence-electron chi connectivity index (χ4n) is 3.00. The van der Waals surface area contributed by atoms with Crippen LogP contribution in [-0.4, -0.2) is 49.8 Å². The Kier molecular flexibility index (Phi) is 6.21. The summed E-state index contributed by atoms with van der Waals surface area (Å²) in [7, 11) is 0. The number of piperidine rings is 1. The summed E-state index contributed by atoms with van der Waals surface area (Å²) < 4.78 is 10.5. The topological polar surface area (TPSA) is 64.8 Å². The first kappa shape index (κ1) is 16.8. The van der Waals surface area contributed by atoms with Gasteiger partial charge in [0.15, 0.2) is 0 Å². The maximum atomic E-state index is 11.7. The van der Waals surface area contributed by atoms with Crippen molar-refractivity contribution >= 4 is 5.97 Å². The summed E-state index contributed by atoms with van der Waals surface area (Å²) in [5.74, 6) is 1.05. The number of rotatable bonds is 6. The summed E-state index contributed by atoms with van der Waals surface area (Å²) in [5, 5.41) is 0. The molecule has 5 heteroatoms. The maximum Gasteiger partial charge on any atom is 0.320 e. The van der Waals surface area contributed by atoms with Gasteiger partial charge in [0.1, 0.15) is 5.75 Å². The van der Waals surface area contributed by atoms with E-state index in [0.29, 0.717) is 25.7 Å². The average Bonchev–Trinajstić information content (AvgIpc) is 2.48. The number of benzene rings is 1. The number of nitrogens with zero attached hydrogens (tertiary/aromatic N) is 1. The molecule has 0 aliphatic carbocycles. The van der Waals surface area contributed by atoms with Crippen LogP contribution in [0.2, 0.25) is 0 Å². The normalized spacial score (nSPS) is 22.3. The molecule has 2 rings (SSSR count). The third-order valence-corrected chi connectivity index (χ3v) is 3.88. The second kappa shape index (κ2) is 8.15. The van der Waals surface area contributed by atoms with Crippen molar-refractivity contribution in [3.05, 3.63) is 29.8 Å². The Labute approximate surface area is 132 Å². The molecular formula is C17H26N2O3. The fourth-order valence-corrected chi connectivity index (χ4v) is 3.00. The molecule has 1 aromatic carbocycles. The predicted molar refractivity (Wildman–Crippen MR) is 86.0 cm³/mol. The van der Waals surface area contributed by atoms with E-state index in [1.165, 1.54) is 5.56 Å². The first-order valence-corrected chi connectivity index (χ1v) is 7.98. The largest absolute Gasteiger partial charge is 0.494 e. The van der Waals surface area contributed by atoms with Crippen molar-refractivity contribution in [2.24, 2.45) is 5.73 Å². The van der Waals surface area contributed by atoms with Crippen LogP contribution in [0.5, 0.6) is 5.75 Å². The number of carbonyl (C=O) groups excluding carboxylic acids is 1. The third kappa shape index (κ3) is 4.71. The van der Waals surface area contributed by atoms with E-state index >= 15 is 0 Å². The molecule has 1 aromatic rings.